The van der Waals surface area contributed by atoms with Crippen LogP contribution in [0.3, 0.4) is 0 Å². The highest BCUT2D eigenvalue weighted by Gasteiger charge is 2.29. The van der Waals surface area contributed by atoms with Crippen LogP contribution in [0.15, 0.2) is 34.9 Å². The minimum Gasteiger partial charge on any atom is -0.431 e. The molecular weight excluding hydrogens is 287 g/mol. The number of amides is 1. The Hall–Kier alpha value is -2.21. The Bertz CT molecular complexity index is 671. The first-order chi connectivity index (χ1) is 10.6. The maximum Gasteiger partial charge on any atom is 0.301 e. The molecule has 1 saturated heterocycles. The number of nitrogens with one attached hydrogen (secondary N) is 1. The third kappa shape index (κ3) is 3.01. The SMILES string of the molecule is CC1OCCCC1C(=O)Nc1nc(-c2ccccc2F)co1. The quantitative estimate of drug-likeness (QED) is 0.945. The van der Waals surface area contributed by atoms with Crippen LogP contribution >= 0.6 is 0 Å². The molecule has 1 aromatic heterocycles. The van der Waals surface area contributed by atoms with E-state index >= 15 is 0 Å². The number of hydrogen-bond acceptors (Lipinski definition) is 4. The zero-order valence-corrected chi connectivity index (χ0v) is 12.2. The average Bonchev–Trinajstić information content (AvgIpc) is 2.96. The summed E-state index contributed by atoms with van der Waals surface area (Å²) in [5, 5.41) is 2.63. The normalized spacial score (nSPS) is 21.5. The first kappa shape index (κ1) is 14.7. The molecular formula is C16H17FN2O3. The first-order valence-electron chi connectivity index (χ1n) is 7.28. The van der Waals surface area contributed by atoms with Crippen molar-refractivity contribution in [2.75, 3.05) is 11.9 Å². The lowest BCUT2D eigenvalue weighted by Gasteiger charge is -2.27. The molecule has 0 spiro atoms. The van der Waals surface area contributed by atoms with Crippen LogP contribution in [0.5, 0.6) is 0 Å². The lowest BCUT2D eigenvalue weighted by molar-refractivity contribution is -0.128. The Morgan fingerprint density at radius 1 is 1.41 bits per heavy atom. The van der Waals surface area contributed by atoms with Crippen LogP contribution in [0.4, 0.5) is 10.4 Å². The molecule has 1 amide bonds. The number of ether oxygens (including phenoxy) is 1. The van der Waals surface area contributed by atoms with Crippen LogP contribution in [-0.4, -0.2) is 23.6 Å². The Balaban J connectivity index is 1.72. The summed E-state index contributed by atoms with van der Waals surface area (Å²) in [7, 11) is 0. The molecule has 0 aliphatic carbocycles. The summed E-state index contributed by atoms with van der Waals surface area (Å²) in [6.45, 7) is 2.56. The van der Waals surface area contributed by atoms with E-state index in [-0.39, 0.29) is 29.8 Å². The predicted octanol–water partition coefficient (Wildman–Crippen LogP) is 3.23. The highest BCUT2D eigenvalue weighted by Crippen LogP contribution is 2.25. The van der Waals surface area contributed by atoms with Crippen LogP contribution < -0.4 is 5.32 Å². The van der Waals surface area contributed by atoms with Gasteiger partial charge in [-0.2, -0.15) is 4.98 Å². The first-order valence-corrected chi connectivity index (χ1v) is 7.28. The maximum atomic E-state index is 13.7. The standard InChI is InChI=1S/C16H17FN2O3/c1-10-11(6-4-8-21-10)15(20)19-16-18-14(9-22-16)12-5-2-3-7-13(12)17/h2-3,5,7,9-11H,4,6,8H2,1H3,(H,18,19,20). The molecule has 6 heteroatoms. The fourth-order valence-electron chi connectivity index (χ4n) is 2.59. The van der Waals surface area contributed by atoms with Crippen molar-refractivity contribution in [2.24, 2.45) is 5.92 Å². The Kier molecular flexibility index (Phi) is 4.20. The summed E-state index contributed by atoms with van der Waals surface area (Å²) >= 11 is 0. The second-order valence-corrected chi connectivity index (χ2v) is 5.33. The summed E-state index contributed by atoms with van der Waals surface area (Å²) in [4.78, 5) is 16.3. The van der Waals surface area contributed by atoms with Gasteiger partial charge in [-0.3, -0.25) is 10.1 Å². The number of benzene rings is 1. The smallest absolute Gasteiger partial charge is 0.301 e. The number of carbonyl (C=O) groups excluding carboxylic acids is 1. The molecule has 5 nitrogen and oxygen atoms in total. The summed E-state index contributed by atoms with van der Waals surface area (Å²) in [6.07, 6.45) is 2.83. The molecule has 1 aromatic carbocycles. The van der Waals surface area contributed by atoms with Gasteiger partial charge in [-0.25, -0.2) is 4.39 Å². The number of oxazole rings is 1. The summed E-state index contributed by atoms with van der Waals surface area (Å²) in [5.74, 6) is -0.797. The molecule has 0 saturated carbocycles. The van der Waals surface area contributed by atoms with Gasteiger partial charge < -0.3 is 9.15 Å². The van der Waals surface area contributed by atoms with Crippen molar-refractivity contribution in [1.29, 1.82) is 0 Å². The summed E-state index contributed by atoms with van der Waals surface area (Å²) < 4.78 is 24.4. The highest BCUT2D eigenvalue weighted by atomic mass is 19.1. The van der Waals surface area contributed by atoms with Crippen LogP contribution in [0.25, 0.3) is 11.3 Å². The molecule has 1 aliphatic heterocycles. The van der Waals surface area contributed by atoms with Crippen molar-refractivity contribution in [3.8, 4) is 11.3 Å². The average molecular weight is 304 g/mol. The highest BCUT2D eigenvalue weighted by molar-refractivity contribution is 5.91. The van der Waals surface area contributed by atoms with Crippen LogP contribution in [0.1, 0.15) is 19.8 Å². The van der Waals surface area contributed by atoms with Gasteiger partial charge in [-0.15, -0.1) is 0 Å². The number of carbonyl (C=O) groups is 1. The lowest BCUT2D eigenvalue weighted by atomic mass is 9.94. The van der Waals surface area contributed by atoms with Crippen LogP contribution in [0.2, 0.25) is 0 Å². The van der Waals surface area contributed by atoms with Crippen LogP contribution in [0, 0.1) is 11.7 Å². The Morgan fingerprint density at radius 2 is 2.23 bits per heavy atom. The molecule has 1 fully saturated rings. The Morgan fingerprint density at radius 3 is 3.00 bits per heavy atom. The molecule has 2 unspecified atom stereocenters. The van der Waals surface area contributed by atoms with E-state index in [4.69, 9.17) is 9.15 Å². The zero-order chi connectivity index (χ0) is 15.5. The molecule has 2 aromatic rings. The molecule has 2 heterocycles. The van der Waals surface area contributed by atoms with Crippen molar-refractivity contribution in [1.82, 2.24) is 4.98 Å². The molecule has 1 N–H and O–H groups in total. The van der Waals surface area contributed by atoms with Gasteiger partial charge in [0.15, 0.2) is 0 Å². The van der Waals surface area contributed by atoms with E-state index in [0.717, 1.165) is 12.8 Å². The third-order valence-electron chi connectivity index (χ3n) is 3.83. The Labute approximate surface area is 127 Å². The molecule has 0 radical (unpaired) electrons. The summed E-state index contributed by atoms with van der Waals surface area (Å²) in [6, 6.07) is 6.35. The minimum atomic E-state index is -0.386. The molecule has 3 rings (SSSR count). The fourth-order valence-corrected chi connectivity index (χ4v) is 2.59. The second-order valence-electron chi connectivity index (χ2n) is 5.33. The molecule has 2 atom stereocenters. The number of rotatable bonds is 3. The predicted molar refractivity (Wildman–Crippen MR) is 78.7 cm³/mol. The van der Waals surface area contributed by atoms with Gasteiger partial charge in [0.25, 0.3) is 0 Å². The van der Waals surface area contributed by atoms with Crippen molar-refractivity contribution < 1.29 is 18.3 Å². The van der Waals surface area contributed by atoms with Gasteiger partial charge in [0.2, 0.25) is 5.91 Å². The monoisotopic (exact) mass is 304 g/mol. The molecule has 116 valence electrons. The number of aromatic nitrogens is 1. The minimum absolute atomic E-state index is 0.0704. The van der Waals surface area contributed by atoms with Crippen molar-refractivity contribution in [3.05, 3.63) is 36.3 Å². The largest absolute Gasteiger partial charge is 0.431 e. The number of anilines is 1. The van der Waals surface area contributed by atoms with E-state index in [0.29, 0.717) is 17.9 Å². The third-order valence-corrected chi connectivity index (χ3v) is 3.83. The van der Waals surface area contributed by atoms with E-state index in [2.05, 4.69) is 10.3 Å². The second kappa shape index (κ2) is 6.27. The number of halogens is 1. The van der Waals surface area contributed by atoms with E-state index in [1.165, 1.54) is 12.3 Å². The van der Waals surface area contributed by atoms with E-state index in [1.807, 2.05) is 6.92 Å². The van der Waals surface area contributed by atoms with E-state index in [9.17, 15) is 9.18 Å². The van der Waals surface area contributed by atoms with Crippen molar-refractivity contribution in [2.45, 2.75) is 25.9 Å². The topological polar surface area (TPSA) is 64.4 Å². The van der Waals surface area contributed by atoms with E-state index < -0.39 is 0 Å². The molecule has 22 heavy (non-hydrogen) atoms. The molecule has 1 aliphatic rings. The van der Waals surface area contributed by atoms with E-state index in [1.54, 1.807) is 18.2 Å². The maximum absolute atomic E-state index is 13.7. The lowest BCUT2D eigenvalue weighted by Crippen LogP contribution is -2.36. The van der Waals surface area contributed by atoms with Gasteiger partial charge >= 0.3 is 6.01 Å². The van der Waals surface area contributed by atoms with Gasteiger partial charge in [0.05, 0.1) is 12.0 Å². The van der Waals surface area contributed by atoms with Gasteiger partial charge in [0, 0.05) is 12.2 Å². The van der Waals surface area contributed by atoms with Crippen molar-refractivity contribution >= 4 is 11.9 Å². The number of nitrogens with zero attached hydrogens (tertiary/aromatic N) is 1. The van der Waals surface area contributed by atoms with Crippen molar-refractivity contribution in [3.63, 3.8) is 0 Å². The molecule has 0 bridgehead atoms. The summed E-state index contributed by atoms with van der Waals surface area (Å²) in [5.41, 5.74) is 0.683. The van der Waals surface area contributed by atoms with Crippen LogP contribution in [-0.2, 0) is 9.53 Å². The zero-order valence-electron chi connectivity index (χ0n) is 12.2. The van der Waals surface area contributed by atoms with Gasteiger partial charge in [-0.1, -0.05) is 12.1 Å². The van der Waals surface area contributed by atoms with Gasteiger partial charge in [-0.05, 0) is 31.9 Å². The number of hydrogen-bond donors (Lipinski definition) is 1. The van der Waals surface area contributed by atoms with Gasteiger partial charge in [0.1, 0.15) is 17.8 Å². The fraction of sp³-hybridized carbons (Fsp3) is 0.375.